The maximum absolute atomic E-state index is 11.5. The number of nitrogens with zero attached hydrogens (tertiary/aromatic N) is 2. The van der Waals surface area contributed by atoms with Gasteiger partial charge >= 0.3 is 6.03 Å². The van der Waals surface area contributed by atoms with Crippen LogP contribution in [-0.2, 0) is 4.79 Å². The van der Waals surface area contributed by atoms with E-state index in [2.05, 4.69) is 30.5 Å². The number of amides is 3. The van der Waals surface area contributed by atoms with Gasteiger partial charge in [0.2, 0.25) is 5.91 Å². The molecule has 1 saturated carbocycles. The number of carbonyl (C=O) groups excluding carboxylic acids is 2. The van der Waals surface area contributed by atoms with Crippen LogP contribution in [0.4, 0.5) is 4.79 Å². The number of hydrogen-bond donors (Lipinski definition) is 3. The molecule has 2 aliphatic rings. The highest BCUT2D eigenvalue weighted by molar-refractivity contribution is 7.77. The largest absolute Gasteiger partial charge is 0.493 e. The van der Waals surface area contributed by atoms with Gasteiger partial charge < -0.3 is 9.64 Å². The minimum atomic E-state index is -0.289. The van der Waals surface area contributed by atoms with Crippen LogP contribution in [0.1, 0.15) is 50.6 Å². The lowest BCUT2D eigenvalue weighted by Gasteiger charge is -2.23. The van der Waals surface area contributed by atoms with Crippen molar-refractivity contribution in [2.75, 3.05) is 26.2 Å². The molecule has 2 N–H and O–H groups in total. The topological polar surface area (TPSA) is 73.9 Å². The van der Waals surface area contributed by atoms with E-state index in [0.29, 0.717) is 17.5 Å². The van der Waals surface area contributed by atoms with Gasteiger partial charge in [-0.15, -0.1) is 0 Å². The molecule has 9 heteroatoms. The Morgan fingerprint density at radius 1 is 1.31 bits per heavy atom. The van der Waals surface area contributed by atoms with E-state index >= 15 is 0 Å². The fraction of sp³-hybridized carbons (Fsp3) is 0.600. The zero-order valence-corrected chi connectivity index (χ0v) is 18.3. The Labute approximate surface area is 182 Å². The van der Waals surface area contributed by atoms with Crippen molar-refractivity contribution in [1.82, 2.24) is 20.1 Å². The van der Waals surface area contributed by atoms with Crippen molar-refractivity contribution in [3.8, 4) is 5.75 Å². The molecule has 2 fully saturated rings. The number of unbranched alkanes of at least 4 members (excludes halogenated alkanes) is 2. The Morgan fingerprint density at radius 3 is 2.79 bits per heavy atom. The molecule has 1 unspecified atom stereocenters. The molecule has 1 aromatic carbocycles. The smallest absolute Gasteiger partial charge is 0.324 e. The fourth-order valence-electron chi connectivity index (χ4n) is 3.18. The van der Waals surface area contributed by atoms with Crippen molar-refractivity contribution in [2.24, 2.45) is 5.92 Å². The number of urea groups is 1. The van der Waals surface area contributed by atoms with Gasteiger partial charge in [-0.2, -0.15) is 4.41 Å². The Balaban J connectivity index is 1.35. The van der Waals surface area contributed by atoms with Crippen LogP contribution in [0.3, 0.4) is 0 Å². The van der Waals surface area contributed by atoms with Crippen molar-refractivity contribution < 1.29 is 14.3 Å². The molecule has 0 spiro atoms. The number of halogens is 1. The maximum atomic E-state index is 11.5. The van der Waals surface area contributed by atoms with Gasteiger partial charge in [0.15, 0.2) is 0 Å². The third kappa shape index (κ3) is 7.37. The molecule has 160 valence electrons. The third-order valence-corrected chi connectivity index (χ3v) is 5.62. The monoisotopic (exact) mass is 440 g/mol. The summed E-state index contributed by atoms with van der Waals surface area (Å²) in [4.78, 5) is 24.2. The van der Waals surface area contributed by atoms with Gasteiger partial charge in [0.25, 0.3) is 0 Å². The molecule has 0 aromatic heterocycles. The molecule has 7 nitrogen and oxygen atoms in total. The van der Waals surface area contributed by atoms with Crippen molar-refractivity contribution in [3.05, 3.63) is 28.8 Å². The van der Waals surface area contributed by atoms with Gasteiger partial charge in [-0.3, -0.25) is 10.1 Å². The second-order valence-corrected chi connectivity index (χ2v) is 8.70. The van der Waals surface area contributed by atoms with Crippen LogP contribution in [0, 0.1) is 5.92 Å². The first kappa shape index (κ1) is 22.2. The van der Waals surface area contributed by atoms with E-state index in [0.717, 1.165) is 43.7 Å². The van der Waals surface area contributed by atoms with Crippen molar-refractivity contribution in [1.29, 1.82) is 0 Å². The highest BCUT2D eigenvalue weighted by atomic mass is 35.5. The predicted molar refractivity (Wildman–Crippen MR) is 116 cm³/mol. The predicted octanol–water partition coefficient (Wildman–Crippen LogP) is 3.56. The van der Waals surface area contributed by atoms with Crippen LogP contribution in [0.15, 0.2) is 18.2 Å². The number of ether oxygens (including phenoxy) is 1. The molecule has 0 radical (unpaired) electrons. The van der Waals surface area contributed by atoms with Crippen LogP contribution in [-0.4, -0.2) is 47.5 Å². The summed E-state index contributed by atoms with van der Waals surface area (Å²) in [6.45, 7) is 4.34. The van der Waals surface area contributed by atoms with E-state index in [4.69, 9.17) is 16.3 Å². The number of hydrogen-bond acceptors (Lipinski definition) is 6. The summed E-state index contributed by atoms with van der Waals surface area (Å²) in [5.41, 5.74) is 4.39. The first-order valence-electron chi connectivity index (χ1n) is 10.2. The molecule has 29 heavy (non-hydrogen) atoms. The molecule has 1 atom stereocenters. The Morgan fingerprint density at radius 2 is 2.10 bits per heavy atom. The maximum Gasteiger partial charge on any atom is 0.324 e. The summed E-state index contributed by atoms with van der Waals surface area (Å²) in [6, 6.07) is 5.56. The standard InChI is InChI=1S/C20H29ClN4O3S/c1-14(16-9-17(21)11-18(10-16)28-13-15-5-6-15)23-25(29)8-4-2-3-7-24-12-19(26)22-20(24)27/h9-11,14-15,23,29H,2-8,12-13H2,1H3,(H,22,26,27). The Kier molecular flexibility index (Phi) is 8.06. The van der Waals surface area contributed by atoms with E-state index in [1.165, 1.54) is 12.8 Å². The normalized spacial score (nSPS) is 17.7. The molecule has 3 amide bonds. The fourth-order valence-corrected chi connectivity index (χ4v) is 3.73. The number of rotatable bonds is 12. The lowest BCUT2D eigenvalue weighted by Crippen LogP contribution is -2.33. The van der Waals surface area contributed by atoms with Crippen LogP contribution in [0.2, 0.25) is 5.02 Å². The lowest BCUT2D eigenvalue weighted by molar-refractivity contribution is -0.118. The van der Waals surface area contributed by atoms with Gasteiger partial charge in [-0.25, -0.2) is 10.2 Å². The molecule has 1 saturated heterocycles. The van der Waals surface area contributed by atoms with E-state index in [1.54, 1.807) is 9.31 Å². The zero-order valence-electron chi connectivity index (χ0n) is 16.7. The van der Waals surface area contributed by atoms with E-state index < -0.39 is 0 Å². The number of imide groups is 1. The van der Waals surface area contributed by atoms with Crippen LogP contribution < -0.4 is 15.5 Å². The molecule has 1 heterocycles. The van der Waals surface area contributed by atoms with E-state index in [9.17, 15) is 9.59 Å². The Hall–Kier alpha value is -1.48. The van der Waals surface area contributed by atoms with Gasteiger partial charge in [0.05, 0.1) is 6.61 Å². The average Bonchev–Trinajstić information content (AvgIpc) is 3.43. The van der Waals surface area contributed by atoms with Gasteiger partial charge in [0, 0.05) is 24.2 Å². The molecule has 0 bridgehead atoms. The summed E-state index contributed by atoms with van der Waals surface area (Å²) in [5.74, 6) is 1.28. The quantitative estimate of drug-likeness (QED) is 0.200. The molecule has 1 aliphatic heterocycles. The SMILES string of the molecule is CC(NN(S)CCCCCN1CC(=O)NC1=O)c1cc(Cl)cc(OCC2CC2)c1. The molecule has 3 rings (SSSR count). The second kappa shape index (κ2) is 10.5. The first-order valence-corrected chi connectivity index (χ1v) is 10.9. The van der Waals surface area contributed by atoms with Gasteiger partial charge in [0.1, 0.15) is 12.3 Å². The summed E-state index contributed by atoms with van der Waals surface area (Å²) in [5, 5.41) is 2.95. The summed E-state index contributed by atoms with van der Waals surface area (Å²) in [6.07, 6.45) is 5.24. The summed E-state index contributed by atoms with van der Waals surface area (Å²) >= 11 is 10.8. The van der Waals surface area contributed by atoms with Crippen LogP contribution >= 0.6 is 24.4 Å². The molecular weight excluding hydrogens is 412 g/mol. The minimum Gasteiger partial charge on any atom is -0.493 e. The van der Waals surface area contributed by atoms with E-state index in [1.807, 2.05) is 18.2 Å². The average molecular weight is 441 g/mol. The molecule has 1 aromatic rings. The number of nitrogens with one attached hydrogen (secondary N) is 2. The lowest BCUT2D eigenvalue weighted by atomic mass is 10.1. The number of carbonyl (C=O) groups is 2. The minimum absolute atomic E-state index is 0.0359. The third-order valence-electron chi connectivity index (χ3n) is 5.08. The van der Waals surface area contributed by atoms with E-state index in [-0.39, 0.29) is 24.5 Å². The Bertz CT molecular complexity index is 732. The van der Waals surface area contributed by atoms with Crippen LogP contribution in [0.25, 0.3) is 0 Å². The molecule has 1 aliphatic carbocycles. The van der Waals surface area contributed by atoms with Gasteiger partial charge in [-0.1, -0.05) is 30.8 Å². The second-order valence-electron chi connectivity index (χ2n) is 7.78. The highest BCUT2D eigenvalue weighted by Crippen LogP contribution is 2.31. The van der Waals surface area contributed by atoms with Crippen molar-refractivity contribution >= 4 is 36.4 Å². The van der Waals surface area contributed by atoms with Crippen molar-refractivity contribution in [2.45, 2.75) is 45.1 Å². The first-order chi connectivity index (χ1) is 13.9. The molecular formula is C20H29ClN4O3S. The van der Waals surface area contributed by atoms with Crippen LogP contribution in [0.5, 0.6) is 5.75 Å². The number of hydrazine groups is 1. The summed E-state index contributed by atoms with van der Waals surface area (Å²) in [7, 11) is 0. The number of benzene rings is 1. The van der Waals surface area contributed by atoms with Gasteiger partial charge in [-0.05, 0) is 62.3 Å². The summed E-state index contributed by atoms with van der Waals surface area (Å²) < 4.78 is 7.64. The van der Waals surface area contributed by atoms with Crippen molar-refractivity contribution in [3.63, 3.8) is 0 Å². The highest BCUT2D eigenvalue weighted by Gasteiger charge is 2.25. The number of thiol groups is 1. The zero-order chi connectivity index (χ0) is 20.8.